The van der Waals surface area contributed by atoms with Crippen LogP contribution in [-0.4, -0.2) is 24.0 Å². The molecule has 0 radical (unpaired) electrons. The zero-order valence-electron chi connectivity index (χ0n) is 12.8. The lowest BCUT2D eigenvalue weighted by Gasteiger charge is -2.38. The quantitative estimate of drug-likeness (QED) is 0.896. The van der Waals surface area contributed by atoms with Crippen molar-refractivity contribution >= 4 is 0 Å². The Labute approximate surface area is 122 Å². The molecule has 0 bridgehead atoms. The molecule has 1 aliphatic heterocycles. The largest absolute Gasteiger partial charge is 0.464 e. The van der Waals surface area contributed by atoms with E-state index in [-0.39, 0.29) is 0 Å². The lowest BCUT2D eigenvalue weighted by Crippen LogP contribution is -2.45. The van der Waals surface area contributed by atoms with Crippen LogP contribution in [0.2, 0.25) is 0 Å². The Balaban J connectivity index is 1.60. The van der Waals surface area contributed by atoms with Gasteiger partial charge in [0.05, 0.1) is 6.54 Å². The van der Waals surface area contributed by atoms with Gasteiger partial charge in [-0.15, -0.1) is 0 Å². The lowest BCUT2D eigenvalue weighted by atomic mass is 9.89. The highest BCUT2D eigenvalue weighted by Crippen LogP contribution is 2.47. The van der Waals surface area contributed by atoms with E-state index in [1.807, 2.05) is 0 Å². The molecule has 3 heteroatoms. The highest BCUT2D eigenvalue weighted by atomic mass is 16.3. The molecular formula is C17H28N2O. The molecule has 4 unspecified atom stereocenters. The lowest BCUT2D eigenvalue weighted by molar-refractivity contribution is 0.0994. The smallest absolute Gasteiger partial charge is 0.118 e. The predicted molar refractivity (Wildman–Crippen MR) is 81.5 cm³/mol. The van der Waals surface area contributed by atoms with E-state index in [0.717, 1.165) is 37.2 Å². The van der Waals surface area contributed by atoms with E-state index >= 15 is 0 Å². The number of hydrogen-bond donors (Lipinski definition) is 1. The fourth-order valence-electron chi connectivity index (χ4n) is 3.60. The summed E-state index contributed by atoms with van der Waals surface area (Å²) in [7, 11) is 0. The van der Waals surface area contributed by atoms with E-state index in [2.05, 4.69) is 30.9 Å². The summed E-state index contributed by atoms with van der Waals surface area (Å²) < 4.78 is 6.04. The first-order valence-electron chi connectivity index (χ1n) is 8.24. The van der Waals surface area contributed by atoms with Crippen molar-refractivity contribution in [3.8, 4) is 0 Å². The number of rotatable bonds is 5. The van der Waals surface area contributed by atoms with Crippen molar-refractivity contribution in [3.05, 3.63) is 23.7 Å². The standard InChI is InChI=1S/C17H28N2O/c1-3-13-6-7-19(14(9-13)10-18)11-15-4-5-17(20-15)16-8-12(16)2/h4-5,12-14,16H,3,6-11,18H2,1-2H3. The number of nitrogens with two attached hydrogens (primary N) is 1. The van der Waals surface area contributed by atoms with Crippen LogP contribution in [0.25, 0.3) is 0 Å². The number of furan rings is 1. The highest BCUT2D eigenvalue weighted by Gasteiger charge is 2.36. The molecule has 2 heterocycles. The van der Waals surface area contributed by atoms with Crippen LogP contribution in [0, 0.1) is 11.8 Å². The Bertz CT molecular complexity index is 442. The molecule has 2 aliphatic rings. The van der Waals surface area contributed by atoms with E-state index in [4.69, 9.17) is 10.2 Å². The number of hydrogen-bond acceptors (Lipinski definition) is 3. The van der Waals surface area contributed by atoms with E-state index in [1.54, 1.807) is 0 Å². The van der Waals surface area contributed by atoms with Crippen LogP contribution < -0.4 is 5.73 Å². The Morgan fingerprint density at radius 2 is 2.15 bits per heavy atom. The van der Waals surface area contributed by atoms with Gasteiger partial charge in [0.15, 0.2) is 0 Å². The Morgan fingerprint density at radius 1 is 1.35 bits per heavy atom. The summed E-state index contributed by atoms with van der Waals surface area (Å²) in [5, 5.41) is 0. The van der Waals surface area contributed by atoms with Gasteiger partial charge in [-0.1, -0.05) is 20.3 Å². The SMILES string of the molecule is CCC1CCN(Cc2ccc(C3CC3C)o2)C(CN)C1. The van der Waals surface area contributed by atoms with Gasteiger partial charge in [0.2, 0.25) is 0 Å². The summed E-state index contributed by atoms with van der Waals surface area (Å²) in [5.41, 5.74) is 5.97. The second-order valence-corrected chi connectivity index (χ2v) is 6.78. The summed E-state index contributed by atoms with van der Waals surface area (Å²) in [4.78, 5) is 2.52. The molecule has 0 amide bonds. The maximum absolute atomic E-state index is 6.04. The minimum atomic E-state index is 0.530. The fourth-order valence-corrected chi connectivity index (χ4v) is 3.60. The Morgan fingerprint density at radius 3 is 2.80 bits per heavy atom. The molecule has 0 aromatic carbocycles. The molecule has 112 valence electrons. The van der Waals surface area contributed by atoms with Gasteiger partial charge in [-0.25, -0.2) is 0 Å². The van der Waals surface area contributed by atoms with Crippen LogP contribution in [-0.2, 0) is 6.54 Å². The van der Waals surface area contributed by atoms with Gasteiger partial charge in [0.1, 0.15) is 11.5 Å². The van der Waals surface area contributed by atoms with Crippen molar-refractivity contribution in [3.63, 3.8) is 0 Å². The van der Waals surface area contributed by atoms with Crippen LogP contribution in [0.3, 0.4) is 0 Å². The number of nitrogens with zero attached hydrogens (tertiary/aromatic N) is 1. The minimum Gasteiger partial charge on any atom is -0.464 e. The first-order valence-corrected chi connectivity index (χ1v) is 8.24. The monoisotopic (exact) mass is 276 g/mol. The van der Waals surface area contributed by atoms with Gasteiger partial charge in [0, 0.05) is 18.5 Å². The minimum absolute atomic E-state index is 0.530. The zero-order valence-corrected chi connectivity index (χ0v) is 12.8. The maximum Gasteiger partial charge on any atom is 0.118 e. The van der Waals surface area contributed by atoms with E-state index in [1.165, 1.54) is 31.4 Å². The van der Waals surface area contributed by atoms with E-state index < -0.39 is 0 Å². The summed E-state index contributed by atoms with van der Waals surface area (Å²) in [6.45, 7) is 7.45. The second kappa shape index (κ2) is 5.90. The molecule has 20 heavy (non-hydrogen) atoms. The van der Waals surface area contributed by atoms with Crippen molar-refractivity contribution in [2.24, 2.45) is 17.6 Å². The summed E-state index contributed by atoms with van der Waals surface area (Å²) in [6, 6.07) is 4.88. The molecule has 0 spiro atoms. The highest BCUT2D eigenvalue weighted by molar-refractivity contribution is 5.17. The van der Waals surface area contributed by atoms with Crippen LogP contribution in [0.5, 0.6) is 0 Å². The van der Waals surface area contributed by atoms with Crippen molar-refractivity contribution < 1.29 is 4.42 Å². The fraction of sp³-hybridized carbons (Fsp3) is 0.765. The zero-order chi connectivity index (χ0) is 14.1. The third-order valence-electron chi connectivity index (χ3n) is 5.31. The normalized spacial score (nSPS) is 34.4. The van der Waals surface area contributed by atoms with Crippen molar-refractivity contribution in [1.82, 2.24) is 4.90 Å². The molecule has 2 N–H and O–H groups in total. The molecule has 2 fully saturated rings. The van der Waals surface area contributed by atoms with Crippen LogP contribution in [0.15, 0.2) is 16.5 Å². The third kappa shape index (κ3) is 2.94. The van der Waals surface area contributed by atoms with Crippen molar-refractivity contribution in [2.45, 2.75) is 58.0 Å². The van der Waals surface area contributed by atoms with Gasteiger partial charge in [-0.3, -0.25) is 4.90 Å². The summed E-state index contributed by atoms with van der Waals surface area (Å²) in [6.07, 6.45) is 5.13. The molecule has 3 rings (SSSR count). The van der Waals surface area contributed by atoms with Gasteiger partial charge in [0.25, 0.3) is 0 Å². The molecule has 1 aliphatic carbocycles. The van der Waals surface area contributed by atoms with E-state index in [0.29, 0.717) is 12.0 Å². The van der Waals surface area contributed by atoms with Crippen LogP contribution in [0.4, 0.5) is 0 Å². The number of likely N-dealkylation sites (tertiary alicyclic amines) is 1. The maximum atomic E-state index is 6.04. The average Bonchev–Trinajstić information content (AvgIpc) is 3.01. The van der Waals surface area contributed by atoms with E-state index in [9.17, 15) is 0 Å². The third-order valence-corrected chi connectivity index (χ3v) is 5.31. The van der Waals surface area contributed by atoms with Crippen molar-refractivity contribution in [2.75, 3.05) is 13.1 Å². The topological polar surface area (TPSA) is 42.4 Å². The Hall–Kier alpha value is -0.800. The average molecular weight is 276 g/mol. The molecule has 1 saturated heterocycles. The molecule has 4 atom stereocenters. The van der Waals surface area contributed by atoms with Crippen LogP contribution in [0.1, 0.15) is 57.0 Å². The van der Waals surface area contributed by atoms with Gasteiger partial charge >= 0.3 is 0 Å². The molecule has 1 aromatic rings. The summed E-state index contributed by atoms with van der Waals surface area (Å²) >= 11 is 0. The first kappa shape index (κ1) is 14.2. The van der Waals surface area contributed by atoms with Crippen molar-refractivity contribution in [1.29, 1.82) is 0 Å². The molecular weight excluding hydrogens is 248 g/mol. The molecule has 3 nitrogen and oxygen atoms in total. The first-order chi connectivity index (χ1) is 9.71. The second-order valence-electron chi connectivity index (χ2n) is 6.78. The summed E-state index contributed by atoms with van der Waals surface area (Å²) in [5.74, 6) is 4.66. The predicted octanol–water partition coefficient (Wildman–Crippen LogP) is 3.35. The van der Waals surface area contributed by atoms with Gasteiger partial charge in [-0.2, -0.15) is 0 Å². The Kier molecular flexibility index (Phi) is 4.18. The van der Waals surface area contributed by atoms with Gasteiger partial charge < -0.3 is 10.2 Å². The van der Waals surface area contributed by atoms with Crippen LogP contribution >= 0.6 is 0 Å². The molecule has 1 aromatic heterocycles. The molecule has 1 saturated carbocycles. The number of piperidine rings is 1. The van der Waals surface area contributed by atoms with Gasteiger partial charge in [-0.05, 0) is 49.8 Å².